The van der Waals surface area contributed by atoms with E-state index in [4.69, 9.17) is 16.0 Å². The molecule has 0 radical (unpaired) electrons. The van der Waals surface area contributed by atoms with E-state index in [1.165, 1.54) is 24.1 Å². The molecule has 0 unspecified atom stereocenters. The molecule has 136 valence electrons. The van der Waals surface area contributed by atoms with Crippen molar-refractivity contribution in [1.29, 1.82) is 0 Å². The van der Waals surface area contributed by atoms with Crippen molar-refractivity contribution in [3.05, 3.63) is 47.4 Å². The molecule has 3 aromatic rings. The Hall–Kier alpha value is -2.45. The van der Waals surface area contributed by atoms with E-state index in [2.05, 4.69) is 27.3 Å². The van der Waals surface area contributed by atoms with Gasteiger partial charge >= 0.3 is 5.91 Å². The number of aryl methyl sites for hydroxylation is 1. The number of furan rings is 1. The number of nitrogens with zero attached hydrogens (tertiary/aromatic N) is 2. The lowest BCUT2D eigenvalue weighted by molar-refractivity contribution is -0.119. The van der Waals surface area contributed by atoms with Crippen LogP contribution in [0.4, 0.5) is 0 Å². The zero-order chi connectivity index (χ0) is 18.5. The van der Waals surface area contributed by atoms with E-state index in [1.54, 1.807) is 12.1 Å². The predicted octanol–water partition coefficient (Wildman–Crippen LogP) is 3.25. The maximum atomic E-state index is 12.0. The number of nitrogens with one attached hydrogen (secondary N) is 2. The van der Waals surface area contributed by atoms with E-state index in [0.29, 0.717) is 5.02 Å². The summed E-state index contributed by atoms with van der Waals surface area (Å²) in [4.78, 5) is 28.3. The van der Waals surface area contributed by atoms with Crippen LogP contribution >= 0.6 is 23.4 Å². The highest BCUT2D eigenvalue weighted by molar-refractivity contribution is 7.99. The van der Waals surface area contributed by atoms with Crippen molar-refractivity contribution in [2.75, 3.05) is 5.75 Å². The molecule has 0 saturated carbocycles. The van der Waals surface area contributed by atoms with Crippen LogP contribution in [0.15, 0.2) is 46.2 Å². The quantitative estimate of drug-likeness (QED) is 0.496. The van der Waals surface area contributed by atoms with Crippen molar-refractivity contribution < 1.29 is 14.0 Å². The van der Waals surface area contributed by atoms with Crippen LogP contribution in [0.2, 0.25) is 5.02 Å². The van der Waals surface area contributed by atoms with E-state index >= 15 is 0 Å². The molecule has 3 rings (SSSR count). The standard InChI is InChI=1S/C17H17ClN4O3S/c1-2-7-22-13-6-5-11(18)9-12(13)19-17(22)26-10-15(23)20-21-16(24)14-4-3-8-25-14/h3-6,8-9H,2,7,10H2,1H3,(H,20,23)(H,21,24). The van der Waals surface area contributed by atoms with Gasteiger partial charge in [-0.05, 0) is 36.8 Å². The highest BCUT2D eigenvalue weighted by Crippen LogP contribution is 2.26. The molecule has 2 aromatic heterocycles. The fourth-order valence-electron chi connectivity index (χ4n) is 2.39. The lowest BCUT2D eigenvalue weighted by Crippen LogP contribution is -2.42. The number of fused-ring (bicyclic) bond motifs is 1. The summed E-state index contributed by atoms with van der Waals surface area (Å²) in [6, 6.07) is 8.65. The zero-order valence-corrected chi connectivity index (χ0v) is 15.6. The van der Waals surface area contributed by atoms with E-state index in [1.807, 2.05) is 12.1 Å². The third-order valence-electron chi connectivity index (χ3n) is 3.52. The van der Waals surface area contributed by atoms with Gasteiger partial charge in [0, 0.05) is 11.6 Å². The lowest BCUT2D eigenvalue weighted by Gasteiger charge is -2.08. The molecule has 0 aliphatic carbocycles. The molecule has 0 atom stereocenters. The first-order valence-electron chi connectivity index (χ1n) is 7.99. The number of amides is 2. The first-order valence-corrected chi connectivity index (χ1v) is 9.36. The number of hydrogen-bond acceptors (Lipinski definition) is 5. The molecule has 0 aliphatic rings. The summed E-state index contributed by atoms with van der Waals surface area (Å²) >= 11 is 7.33. The van der Waals surface area contributed by atoms with E-state index in [0.717, 1.165) is 29.2 Å². The minimum absolute atomic E-state index is 0.110. The summed E-state index contributed by atoms with van der Waals surface area (Å²) in [6.45, 7) is 2.87. The Morgan fingerprint density at radius 2 is 2.15 bits per heavy atom. The van der Waals surface area contributed by atoms with Gasteiger partial charge in [-0.3, -0.25) is 20.4 Å². The number of benzene rings is 1. The van der Waals surface area contributed by atoms with Gasteiger partial charge in [0.05, 0.1) is 23.0 Å². The molecular weight excluding hydrogens is 376 g/mol. The number of hydrazine groups is 1. The summed E-state index contributed by atoms with van der Waals surface area (Å²) in [6.07, 6.45) is 2.32. The molecule has 0 aliphatic heterocycles. The number of hydrogen-bond donors (Lipinski definition) is 2. The summed E-state index contributed by atoms with van der Waals surface area (Å²) in [5.41, 5.74) is 6.43. The van der Waals surface area contributed by atoms with Crippen LogP contribution in [0.3, 0.4) is 0 Å². The fourth-order valence-corrected chi connectivity index (χ4v) is 3.40. The molecule has 2 heterocycles. The third kappa shape index (κ3) is 4.20. The Balaban J connectivity index is 1.62. The molecule has 0 saturated heterocycles. The zero-order valence-electron chi connectivity index (χ0n) is 14.0. The summed E-state index contributed by atoms with van der Waals surface area (Å²) < 4.78 is 7.01. The summed E-state index contributed by atoms with van der Waals surface area (Å²) in [7, 11) is 0. The van der Waals surface area contributed by atoms with Crippen molar-refractivity contribution in [2.24, 2.45) is 0 Å². The van der Waals surface area contributed by atoms with Crippen LogP contribution < -0.4 is 10.9 Å². The first-order chi connectivity index (χ1) is 12.6. The molecule has 2 N–H and O–H groups in total. The molecule has 2 amide bonds. The van der Waals surface area contributed by atoms with Crippen molar-refractivity contribution in [2.45, 2.75) is 25.0 Å². The Labute approximate surface area is 159 Å². The van der Waals surface area contributed by atoms with Crippen LogP contribution in [-0.4, -0.2) is 27.1 Å². The largest absolute Gasteiger partial charge is 0.459 e. The Morgan fingerprint density at radius 3 is 2.88 bits per heavy atom. The predicted molar refractivity (Wildman–Crippen MR) is 100 cm³/mol. The SMILES string of the molecule is CCCn1c(SCC(=O)NNC(=O)c2ccco2)nc2cc(Cl)ccc21. The average Bonchev–Trinajstić information content (AvgIpc) is 3.26. The molecule has 1 aromatic carbocycles. The third-order valence-corrected chi connectivity index (χ3v) is 4.73. The minimum atomic E-state index is -0.513. The highest BCUT2D eigenvalue weighted by atomic mass is 35.5. The smallest absolute Gasteiger partial charge is 0.305 e. The Bertz CT molecular complexity index is 924. The molecule has 0 fully saturated rings. The molecule has 9 heteroatoms. The van der Waals surface area contributed by atoms with Gasteiger partial charge in [-0.1, -0.05) is 30.3 Å². The maximum Gasteiger partial charge on any atom is 0.305 e. The van der Waals surface area contributed by atoms with Crippen LogP contribution in [-0.2, 0) is 11.3 Å². The van der Waals surface area contributed by atoms with Crippen molar-refractivity contribution >= 4 is 46.2 Å². The second-order valence-corrected chi connectivity index (χ2v) is 6.83. The topological polar surface area (TPSA) is 89.2 Å². The second-order valence-electron chi connectivity index (χ2n) is 5.45. The van der Waals surface area contributed by atoms with Crippen molar-refractivity contribution in [3.8, 4) is 0 Å². The average molecular weight is 393 g/mol. The van der Waals surface area contributed by atoms with Gasteiger partial charge in [0.25, 0.3) is 0 Å². The van der Waals surface area contributed by atoms with Gasteiger partial charge < -0.3 is 8.98 Å². The number of imidazole rings is 1. The molecule has 0 bridgehead atoms. The minimum Gasteiger partial charge on any atom is -0.459 e. The molecule has 26 heavy (non-hydrogen) atoms. The number of thioether (sulfide) groups is 1. The van der Waals surface area contributed by atoms with Crippen LogP contribution in [0.1, 0.15) is 23.9 Å². The van der Waals surface area contributed by atoms with Crippen LogP contribution in [0.25, 0.3) is 11.0 Å². The van der Waals surface area contributed by atoms with Crippen molar-refractivity contribution in [3.63, 3.8) is 0 Å². The monoisotopic (exact) mass is 392 g/mol. The van der Waals surface area contributed by atoms with Crippen LogP contribution in [0.5, 0.6) is 0 Å². The number of carbonyl (C=O) groups excluding carboxylic acids is 2. The van der Waals surface area contributed by atoms with E-state index in [-0.39, 0.29) is 17.4 Å². The van der Waals surface area contributed by atoms with Gasteiger partial charge in [0.15, 0.2) is 10.9 Å². The number of carbonyl (C=O) groups is 2. The maximum absolute atomic E-state index is 12.0. The van der Waals surface area contributed by atoms with E-state index < -0.39 is 5.91 Å². The van der Waals surface area contributed by atoms with Gasteiger partial charge in [-0.15, -0.1) is 0 Å². The fraction of sp³-hybridized carbons (Fsp3) is 0.235. The number of rotatable bonds is 6. The number of halogens is 1. The van der Waals surface area contributed by atoms with Crippen molar-refractivity contribution in [1.82, 2.24) is 20.4 Å². The second kappa shape index (κ2) is 8.29. The molecule has 7 nitrogen and oxygen atoms in total. The van der Waals surface area contributed by atoms with Gasteiger partial charge in [-0.2, -0.15) is 0 Å². The first kappa shape index (κ1) is 18.3. The normalized spacial score (nSPS) is 10.8. The lowest BCUT2D eigenvalue weighted by atomic mass is 10.3. The van der Waals surface area contributed by atoms with Gasteiger partial charge in [0.1, 0.15) is 0 Å². The van der Waals surface area contributed by atoms with Crippen LogP contribution in [0, 0.1) is 0 Å². The van der Waals surface area contributed by atoms with Gasteiger partial charge in [0.2, 0.25) is 5.91 Å². The number of aromatic nitrogens is 2. The Morgan fingerprint density at radius 1 is 1.31 bits per heavy atom. The summed E-state index contributed by atoms with van der Waals surface area (Å²) in [5.74, 6) is -0.622. The van der Waals surface area contributed by atoms with E-state index in [9.17, 15) is 9.59 Å². The molecular formula is C17H17ClN4O3S. The Kier molecular flexibility index (Phi) is 5.85. The van der Waals surface area contributed by atoms with Gasteiger partial charge in [-0.25, -0.2) is 4.98 Å². The summed E-state index contributed by atoms with van der Waals surface area (Å²) in [5, 5.41) is 1.35. The highest BCUT2D eigenvalue weighted by Gasteiger charge is 2.14. The molecule has 0 spiro atoms.